The predicted octanol–water partition coefficient (Wildman–Crippen LogP) is 2.21. The molecule has 10 atom stereocenters. The first-order chi connectivity index (χ1) is 25.7. The first-order valence-corrected chi connectivity index (χ1v) is 21.2. The number of nitrogens with two attached hydrogens (primary N) is 2. The van der Waals surface area contributed by atoms with Gasteiger partial charge in [0.15, 0.2) is 53.5 Å². The van der Waals surface area contributed by atoms with Gasteiger partial charge in [0.2, 0.25) is 11.2 Å². The van der Waals surface area contributed by atoms with Crippen LogP contribution in [0.1, 0.15) is 22.8 Å². The number of carbonyl (C=O) groups excluding carboxylic acids is 1. The minimum Gasteiger partial charge on any atom is -0.453 e. The van der Waals surface area contributed by atoms with Crippen LogP contribution >= 0.6 is 37.4 Å². The van der Waals surface area contributed by atoms with Crippen molar-refractivity contribution in [1.82, 2.24) is 39.0 Å². The van der Waals surface area contributed by atoms with Gasteiger partial charge in [-0.25, -0.2) is 23.7 Å². The fourth-order valence-corrected chi connectivity index (χ4v) is 9.26. The van der Waals surface area contributed by atoms with Crippen LogP contribution in [0.15, 0.2) is 47.8 Å². The summed E-state index contributed by atoms with van der Waals surface area (Å²) in [5.74, 6) is -1.20. The second-order valence-corrected chi connectivity index (χ2v) is 18.0. The number of nitrogens with zero attached hydrogens (tertiary/aromatic N) is 7. The number of alkyl halides is 1. The number of H-pyrrole nitrogens is 1. The lowest BCUT2D eigenvalue weighted by atomic mass is 10.1. The summed E-state index contributed by atoms with van der Waals surface area (Å²) >= 11 is 15.5. The van der Waals surface area contributed by atoms with E-state index >= 15 is 4.39 Å². The number of imidazole rings is 2. The van der Waals surface area contributed by atoms with E-state index in [9.17, 15) is 19.0 Å². The second-order valence-electron chi connectivity index (χ2n) is 12.0. The normalized spacial score (nSPS) is 33.2. The summed E-state index contributed by atoms with van der Waals surface area (Å²) in [4.78, 5) is 59.9. The standard InChI is InChI=1S/C27H26ClFN10O11P2S2/c28-26-34-19(30)14-20(35-26)38(8-32-14)23-13(29)16-11(46-23)6-44-52(43,54)50-18-17(48-25(41)10-4-2-1-3-5-10)12(7-45-51(42,53)49-16)47-24(18)39-9-33-15-21(39)36-27(31)37-22(15)40/h1-5,8-9,11-13,16-18,23-24H,6-7H2,(H,42,53)(H,43,54)(H2,30,34,35)(H3,31,36,37,40)/t11-,12-,13-,16?,17?,18+,23-,24-,51?,52?/m1/s1. The molecule has 2 bridgehead atoms. The molecule has 7 heterocycles. The van der Waals surface area contributed by atoms with Crippen molar-refractivity contribution in [3.63, 3.8) is 0 Å². The fourth-order valence-electron chi connectivity index (χ4n) is 6.19. The van der Waals surface area contributed by atoms with E-state index in [0.29, 0.717) is 0 Å². The Hall–Kier alpha value is -3.64. The Morgan fingerprint density at radius 1 is 1.00 bits per heavy atom. The highest BCUT2D eigenvalue weighted by Crippen LogP contribution is 2.59. The van der Waals surface area contributed by atoms with Crippen LogP contribution in [0.5, 0.6) is 0 Å². The van der Waals surface area contributed by atoms with Gasteiger partial charge < -0.3 is 35.1 Å². The van der Waals surface area contributed by atoms with Crippen LogP contribution in [0.4, 0.5) is 16.2 Å². The summed E-state index contributed by atoms with van der Waals surface area (Å²) in [5.41, 5.74) is 11.0. The summed E-state index contributed by atoms with van der Waals surface area (Å²) in [6.07, 6.45) is -10.3. The van der Waals surface area contributed by atoms with E-state index in [1.165, 1.54) is 33.9 Å². The molecule has 3 aliphatic heterocycles. The average Bonchev–Trinajstić information content (AvgIpc) is 3.88. The van der Waals surface area contributed by atoms with Crippen LogP contribution in [-0.2, 0) is 48.7 Å². The third-order valence-electron chi connectivity index (χ3n) is 8.54. The Morgan fingerprint density at radius 3 is 2.43 bits per heavy atom. The number of hydrogen-bond acceptors (Lipinski definition) is 18. The molecule has 0 amide bonds. The summed E-state index contributed by atoms with van der Waals surface area (Å²) < 4.78 is 73.8. The minimum atomic E-state index is -4.58. The van der Waals surface area contributed by atoms with E-state index in [2.05, 4.69) is 42.2 Å². The smallest absolute Gasteiger partial charge is 0.386 e. The number of halogens is 2. The lowest BCUT2D eigenvalue weighted by Crippen LogP contribution is -2.39. The molecule has 8 rings (SSSR count). The molecule has 0 spiro atoms. The van der Waals surface area contributed by atoms with E-state index in [-0.39, 0.29) is 44.9 Å². The Morgan fingerprint density at radius 2 is 1.67 bits per heavy atom. The maximum Gasteiger partial charge on any atom is 0.386 e. The number of nitrogen functional groups attached to an aromatic ring is 2. The zero-order valence-electron chi connectivity index (χ0n) is 26.9. The van der Waals surface area contributed by atoms with Gasteiger partial charge in [-0.05, 0) is 35.5 Å². The molecule has 3 fully saturated rings. The molecule has 5 aromatic rings. The predicted molar refractivity (Wildman–Crippen MR) is 190 cm³/mol. The van der Waals surface area contributed by atoms with Crippen molar-refractivity contribution < 1.29 is 50.9 Å². The van der Waals surface area contributed by atoms with E-state index in [4.69, 9.17) is 67.2 Å². The summed E-state index contributed by atoms with van der Waals surface area (Å²) in [7, 11) is 0. The SMILES string of the molecule is Nc1nc2c(ncn2[C@@H]2O[C@@H]3COP(O)(=S)OC4[C@@H](F)[C@H](n5cnc6c(N)nc(Cl)nc65)O[C@@H]4COP(=O)(S)O[C@H]2C3OC(=O)c2ccccc2)c(=O)[nH]1. The molecule has 3 aliphatic rings. The van der Waals surface area contributed by atoms with Gasteiger partial charge in [0.25, 0.3) is 5.56 Å². The maximum atomic E-state index is 16.4. The average molecular weight is 847 g/mol. The monoisotopic (exact) mass is 846 g/mol. The number of nitrogens with one attached hydrogen (secondary N) is 1. The van der Waals surface area contributed by atoms with E-state index in [1.54, 1.807) is 18.2 Å². The first kappa shape index (κ1) is 37.3. The van der Waals surface area contributed by atoms with Crippen molar-refractivity contribution in [2.24, 2.45) is 0 Å². The van der Waals surface area contributed by atoms with E-state index < -0.39 is 87.4 Å². The zero-order chi connectivity index (χ0) is 38.1. The largest absolute Gasteiger partial charge is 0.453 e. The van der Waals surface area contributed by atoms with Crippen molar-refractivity contribution in [1.29, 1.82) is 0 Å². The van der Waals surface area contributed by atoms with Crippen LogP contribution in [0.25, 0.3) is 22.3 Å². The molecule has 27 heteroatoms. The number of hydrogen-bond donors (Lipinski definition) is 5. The number of benzene rings is 1. The third-order valence-corrected chi connectivity index (χ3v) is 11.9. The molecule has 286 valence electrons. The topological polar surface area (TPSA) is 278 Å². The van der Waals surface area contributed by atoms with Crippen LogP contribution in [0, 0.1) is 0 Å². The number of esters is 1. The van der Waals surface area contributed by atoms with Crippen LogP contribution in [-0.4, -0.2) is 99.8 Å². The molecule has 54 heavy (non-hydrogen) atoms. The van der Waals surface area contributed by atoms with Crippen LogP contribution in [0.2, 0.25) is 5.28 Å². The van der Waals surface area contributed by atoms with Crippen LogP contribution in [0.3, 0.4) is 0 Å². The van der Waals surface area contributed by atoms with Crippen molar-refractivity contribution >= 4 is 89.2 Å². The number of aromatic amines is 1. The number of fused-ring (bicyclic) bond motifs is 5. The number of thiol groups is 1. The highest BCUT2D eigenvalue weighted by Gasteiger charge is 2.55. The Balaban J connectivity index is 1.16. The van der Waals surface area contributed by atoms with Gasteiger partial charge in [0, 0.05) is 0 Å². The van der Waals surface area contributed by atoms with Gasteiger partial charge >= 0.3 is 19.5 Å². The van der Waals surface area contributed by atoms with Crippen LogP contribution < -0.4 is 17.0 Å². The van der Waals surface area contributed by atoms with Crippen molar-refractivity contribution in [2.45, 2.75) is 49.1 Å². The maximum absolute atomic E-state index is 16.4. The number of rotatable bonds is 4. The van der Waals surface area contributed by atoms with Crippen molar-refractivity contribution in [3.8, 4) is 0 Å². The summed E-state index contributed by atoms with van der Waals surface area (Å²) in [6, 6.07) is 7.86. The molecule has 0 saturated carbocycles. The van der Waals surface area contributed by atoms with Crippen molar-refractivity contribution in [3.05, 3.63) is 64.2 Å². The quantitative estimate of drug-likeness (QED) is 0.0750. The van der Waals surface area contributed by atoms with E-state index in [0.717, 1.165) is 0 Å². The van der Waals surface area contributed by atoms with Gasteiger partial charge in [0.1, 0.15) is 23.8 Å². The zero-order valence-corrected chi connectivity index (χ0v) is 31.2. The minimum absolute atomic E-state index is 0.0128. The van der Waals surface area contributed by atoms with Gasteiger partial charge in [-0.2, -0.15) is 15.0 Å². The molecule has 0 aliphatic carbocycles. The summed E-state index contributed by atoms with van der Waals surface area (Å²) in [6.45, 7) is -10.4. The number of anilines is 2. The molecule has 3 saturated heterocycles. The molecule has 1 aromatic carbocycles. The first-order valence-electron chi connectivity index (χ1n) is 15.6. The molecular weight excluding hydrogens is 821 g/mol. The third kappa shape index (κ3) is 7.01. The lowest BCUT2D eigenvalue weighted by molar-refractivity contribution is -0.0590. The van der Waals surface area contributed by atoms with E-state index in [1.807, 2.05) is 0 Å². The van der Waals surface area contributed by atoms with Gasteiger partial charge in [-0.15, -0.1) is 0 Å². The number of ether oxygens (including phenoxy) is 3. The highest BCUT2D eigenvalue weighted by atomic mass is 35.5. The van der Waals surface area contributed by atoms with Gasteiger partial charge in [-0.1, -0.05) is 30.4 Å². The highest BCUT2D eigenvalue weighted by molar-refractivity contribution is 8.44. The van der Waals surface area contributed by atoms with Gasteiger partial charge in [-0.3, -0.25) is 32.5 Å². The lowest BCUT2D eigenvalue weighted by Gasteiger charge is -2.27. The Kier molecular flexibility index (Phi) is 9.76. The molecule has 6 N–H and O–H groups in total. The number of aromatic nitrogens is 8. The fraction of sp³-hybridized carbons (Fsp3) is 0.370. The Bertz CT molecular complexity index is 2430. The summed E-state index contributed by atoms with van der Waals surface area (Å²) in [5, 5.41) is -0.248. The molecule has 21 nitrogen and oxygen atoms in total. The van der Waals surface area contributed by atoms with Gasteiger partial charge in [0.05, 0.1) is 31.4 Å². The molecular formula is C27H26ClFN10O11P2S2. The molecule has 0 radical (unpaired) electrons. The molecule has 4 aromatic heterocycles. The number of carbonyl (C=O) groups is 1. The second kappa shape index (κ2) is 14.1. The Labute approximate surface area is 316 Å². The molecule has 4 unspecified atom stereocenters. The van der Waals surface area contributed by atoms with Crippen molar-refractivity contribution in [2.75, 3.05) is 24.7 Å².